The summed E-state index contributed by atoms with van der Waals surface area (Å²) in [5.41, 5.74) is 5.87. The van der Waals surface area contributed by atoms with Crippen molar-refractivity contribution >= 4 is 11.8 Å². The average molecular weight is 217 g/mol. The normalized spacial score (nSPS) is 10.5. The lowest BCUT2D eigenvalue weighted by molar-refractivity contribution is 0.576. The number of rotatable bonds is 5. The summed E-state index contributed by atoms with van der Waals surface area (Å²) in [7, 11) is 0. The molecule has 0 heterocycles. The third-order valence-corrected chi connectivity index (χ3v) is 2.86. The Morgan fingerprint density at radius 1 is 1.29 bits per heavy atom. The zero-order chi connectivity index (χ0) is 10.4. The number of nitrogens with two attached hydrogens (primary N) is 1. The van der Waals surface area contributed by atoms with E-state index >= 15 is 0 Å². The summed E-state index contributed by atoms with van der Waals surface area (Å²) < 4.78 is 25.6. The van der Waals surface area contributed by atoms with Crippen molar-refractivity contribution < 1.29 is 8.78 Å². The first-order chi connectivity index (χ1) is 6.74. The van der Waals surface area contributed by atoms with Crippen LogP contribution in [-0.4, -0.2) is 12.3 Å². The summed E-state index contributed by atoms with van der Waals surface area (Å²) in [6, 6.07) is 3.68. The summed E-state index contributed by atoms with van der Waals surface area (Å²) in [6.07, 6.45) is 0.924. The van der Waals surface area contributed by atoms with Gasteiger partial charge in [-0.2, -0.15) is 11.8 Å². The molecular weight excluding hydrogens is 204 g/mol. The molecule has 1 aromatic carbocycles. The average Bonchev–Trinajstić information content (AvgIpc) is 2.15. The molecule has 2 N–H and O–H groups in total. The highest BCUT2D eigenvalue weighted by molar-refractivity contribution is 7.98. The van der Waals surface area contributed by atoms with E-state index in [2.05, 4.69) is 0 Å². The summed E-state index contributed by atoms with van der Waals surface area (Å²) in [4.78, 5) is 0. The molecule has 0 spiro atoms. The lowest BCUT2D eigenvalue weighted by Crippen LogP contribution is -1.99. The molecule has 0 fully saturated rings. The van der Waals surface area contributed by atoms with Gasteiger partial charge in [0.1, 0.15) is 11.6 Å². The number of halogens is 2. The second-order valence-electron chi connectivity index (χ2n) is 2.93. The van der Waals surface area contributed by atoms with Crippen molar-refractivity contribution in [1.82, 2.24) is 0 Å². The van der Waals surface area contributed by atoms with Crippen molar-refractivity contribution in [3.8, 4) is 0 Å². The molecule has 0 saturated carbocycles. The lowest BCUT2D eigenvalue weighted by Gasteiger charge is -2.02. The second-order valence-corrected chi connectivity index (χ2v) is 4.04. The van der Waals surface area contributed by atoms with Gasteiger partial charge in [-0.1, -0.05) is 6.07 Å². The summed E-state index contributed by atoms with van der Waals surface area (Å²) >= 11 is 1.61. The molecule has 0 aliphatic carbocycles. The molecule has 0 aliphatic rings. The largest absolute Gasteiger partial charge is 0.330 e. The molecule has 0 unspecified atom stereocenters. The first-order valence-corrected chi connectivity index (χ1v) is 5.61. The Morgan fingerprint density at radius 2 is 2.07 bits per heavy atom. The maximum Gasteiger partial charge on any atom is 0.130 e. The van der Waals surface area contributed by atoms with Gasteiger partial charge < -0.3 is 5.73 Å². The molecule has 0 aliphatic heterocycles. The van der Waals surface area contributed by atoms with Crippen LogP contribution in [-0.2, 0) is 5.75 Å². The van der Waals surface area contributed by atoms with Crippen LogP contribution in [0, 0.1) is 11.6 Å². The SMILES string of the molecule is NCCCSCc1ccc(F)cc1F. The van der Waals surface area contributed by atoms with Gasteiger partial charge in [0.05, 0.1) is 0 Å². The fraction of sp³-hybridized carbons (Fsp3) is 0.400. The third kappa shape index (κ3) is 3.64. The molecule has 0 atom stereocenters. The first-order valence-electron chi connectivity index (χ1n) is 4.46. The van der Waals surface area contributed by atoms with E-state index in [1.54, 1.807) is 11.8 Å². The van der Waals surface area contributed by atoms with Gasteiger partial charge in [-0.05, 0) is 30.3 Å². The number of hydrogen-bond donors (Lipinski definition) is 1. The maximum absolute atomic E-state index is 13.1. The van der Waals surface area contributed by atoms with Crippen LogP contribution in [0.4, 0.5) is 8.78 Å². The zero-order valence-electron chi connectivity index (χ0n) is 7.80. The molecule has 14 heavy (non-hydrogen) atoms. The van der Waals surface area contributed by atoms with Crippen LogP contribution in [0.5, 0.6) is 0 Å². The van der Waals surface area contributed by atoms with E-state index in [1.807, 2.05) is 0 Å². The predicted octanol–water partition coefficient (Wildman–Crippen LogP) is 2.55. The topological polar surface area (TPSA) is 26.0 Å². The smallest absolute Gasteiger partial charge is 0.130 e. The van der Waals surface area contributed by atoms with Crippen LogP contribution in [0.15, 0.2) is 18.2 Å². The van der Waals surface area contributed by atoms with E-state index in [9.17, 15) is 8.78 Å². The molecule has 4 heteroatoms. The molecule has 1 aromatic rings. The van der Waals surface area contributed by atoms with Crippen molar-refractivity contribution in [2.24, 2.45) is 5.73 Å². The second kappa shape index (κ2) is 5.98. The monoisotopic (exact) mass is 217 g/mol. The third-order valence-electron chi connectivity index (χ3n) is 1.77. The van der Waals surface area contributed by atoms with Crippen molar-refractivity contribution in [2.75, 3.05) is 12.3 Å². The quantitative estimate of drug-likeness (QED) is 0.767. The van der Waals surface area contributed by atoms with Gasteiger partial charge in [-0.25, -0.2) is 8.78 Å². The molecular formula is C10H13F2NS. The Balaban J connectivity index is 2.42. The van der Waals surface area contributed by atoms with Crippen LogP contribution in [0.25, 0.3) is 0 Å². The van der Waals surface area contributed by atoms with E-state index < -0.39 is 11.6 Å². The molecule has 0 bridgehead atoms. The van der Waals surface area contributed by atoms with Crippen molar-refractivity contribution in [2.45, 2.75) is 12.2 Å². The standard InChI is InChI=1S/C10H13F2NS/c11-9-3-2-8(10(12)6-9)7-14-5-1-4-13/h2-3,6H,1,4-5,7,13H2. The van der Waals surface area contributed by atoms with Crippen LogP contribution in [0.3, 0.4) is 0 Å². The van der Waals surface area contributed by atoms with Crippen LogP contribution in [0.1, 0.15) is 12.0 Å². The highest BCUT2D eigenvalue weighted by Gasteiger charge is 2.02. The highest BCUT2D eigenvalue weighted by atomic mass is 32.2. The molecule has 78 valence electrons. The predicted molar refractivity (Wildman–Crippen MR) is 56.2 cm³/mol. The van der Waals surface area contributed by atoms with Gasteiger partial charge in [-0.15, -0.1) is 0 Å². The minimum absolute atomic E-state index is 0.467. The van der Waals surface area contributed by atoms with E-state index in [1.165, 1.54) is 12.1 Å². The maximum atomic E-state index is 13.1. The van der Waals surface area contributed by atoms with Gasteiger partial charge in [0.25, 0.3) is 0 Å². The van der Waals surface area contributed by atoms with Crippen LogP contribution >= 0.6 is 11.8 Å². The van der Waals surface area contributed by atoms with Crippen LogP contribution < -0.4 is 5.73 Å². The molecule has 0 aromatic heterocycles. The van der Waals surface area contributed by atoms with E-state index in [0.717, 1.165) is 18.2 Å². The summed E-state index contributed by atoms with van der Waals surface area (Å²) in [5, 5.41) is 0. The Morgan fingerprint density at radius 3 is 2.71 bits per heavy atom. The van der Waals surface area contributed by atoms with Gasteiger partial charge in [-0.3, -0.25) is 0 Å². The molecule has 1 rings (SSSR count). The number of hydrogen-bond acceptors (Lipinski definition) is 2. The molecule has 1 nitrogen and oxygen atoms in total. The van der Waals surface area contributed by atoms with E-state index in [4.69, 9.17) is 5.73 Å². The highest BCUT2D eigenvalue weighted by Crippen LogP contribution is 2.16. The summed E-state index contributed by atoms with van der Waals surface area (Å²) in [5.74, 6) is 0.489. The van der Waals surface area contributed by atoms with Gasteiger partial charge in [0, 0.05) is 11.8 Å². The van der Waals surface area contributed by atoms with Crippen LogP contribution in [0.2, 0.25) is 0 Å². The lowest BCUT2D eigenvalue weighted by atomic mass is 10.2. The zero-order valence-corrected chi connectivity index (χ0v) is 8.62. The number of thioether (sulfide) groups is 1. The number of benzene rings is 1. The molecule has 0 saturated heterocycles. The molecule has 0 radical (unpaired) electrons. The first kappa shape index (κ1) is 11.5. The molecule has 0 amide bonds. The van der Waals surface area contributed by atoms with E-state index in [0.29, 0.717) is 17.9 Å². The minimum atomic E-state index is -0.529. The van der Waals surface area contributed by atoms with Crippen molar-refractivity contribution in [3.05, 3.63) is 35.4 Å². The minimum Gasteiger partial charge on any atom is -0.330 e. The fourth-order valence-corrected chi connectivity index (χ4v) is 1.98. The summed E-state index contributed by atoms with van der Waals surface area (Å²) in [6.45, 7) is 0.652. The van der Waals surface area contributed by atoms with Gasteiger partial charge in [0.15, 0.2) is 0 Å². The Hall–Kier alpha value is -0.610. The van der Waals surface area contributed by atoms with E-state index in [-0.39, 0.29) is 0 Å². The Labute approximate surface area is 86.7 Å². The Kier molecular flexibility index (Phi) is 4.90. The fourth-order valence-electron chi connectivity index (χ4n) is 1.01. The van der Waals surface area contributed by atoms with Gasteiger partial charge in [0.2, 0.25) is 0 Å². The van der Waals surface area contributed by atoms with Crippen molar-refractivity contribution in [3.63, 3.8) is 0 Å². The van der Waals surface area contributed by atoms with Crippen molar-refractivity contribution in [1.29, 1.82) is 0 Å². The van der Waals surface area contributed by atoms with Gasteiger partial charge >= 0.3 is 0 Å². The Bertz CT molecular complexity index is 291.